The molecule has 3 aromatic carbocycles. The van der Waals surface area contributed by atoms with Crippen molar-refractivity contribution >= 4 is 22.4 Å². The van der Waals surface area contributed by atoms with Gasteiger partial charge in [-0.05, 0) is 39.0 Å². The molecule has 0 saturated carbocycles. The lowest BCUT2D eigenvalue weighted by atomic mass is 9.79. The molecule has 0 heterocycles. The lowest BCUT2D eigenvalue weighted by molar-refractivity contribution is 1.44. The molecule has 0 amide bonds. The summed E-state index contributed by atoms with van der Waals surface area (Å²) < 4.78 is 0. The quantitative estimate of drug-likeness (QED) is 0.253. The van der Waals surface area contributed by atoms with Crippen LogP contribution in [0.2, 0.25) is 0 Å². The van der Waals surface area contributed by atoms with Gasteiger partial charge in [-0.25, -0.2) is 15.0 Å². The minimum absolute atomic E-state index is 0.0450. The second-order valence-corrected chi connectivity index (χ2v) is 8.80. The SMILES string of the molecule is [C-]#[N+]C1=C([N+]#[C-])c2c(c(-c3ccccc3)c3c(c2-c2ccccc2)C(=C(C#N)C#N)C(C#N)=C3C#N)/C1=C(\C#N)[N+]#[C-]. The first-order chi connectivity index (χ1) is 20.6. The summed E-state index contributed by atoms with van der Waals surface area (Å²) in [6.45, 7) is 23.8. The average molecular weight is 531 g/mol. The Morgan fingerprint density at radius 1 is 0.524 bits per heavy atom. The van der Waals surface area contributed by atoms with Crippen molar-refractivity contribution in [3.8, 4) is 52.6 Å². The van der Waals surface area contributed by atoms with E-state index in [1.54, 1.807) is 60.7 Å². The highest BCUT2D eigenvalue weighted by molar-refractivity contribution is 6.22. The Hall–Kier alpha value is -7.46. The van der Waals surface area contributed by atoms with Crippen molar-refractivity contribution in [1.29, 1.82) is 26.3 Å². The summed E-state index contributed by atoms with van der Waals surface area (Å²) in [5.41, 5.74) is 1.01. The van der Waals surface area contributed by atoms with E-state index in [2.05, 4.69) is 20.6 Å². The fraction of sp³-hybridized carbons (Fsp3) is 0. The first kappa shape index (κ1) is 26.2. The third kappa shape index (κ3) is 3.47. The van der Waals surface area contributed by atoms with Crippen molar-refractivity contribution < 1.29 is 0 Å². The summed E-state index contributed by atoms with van der Waals surface area (Å²) >= 11 is 0. The molecule has 0 unspecified atom stereocenters. The molecule has 0 aliphatic heterocycles. The average Bonchev–Trinajstić information content (AvgIpc) is 3.54. The molecule has 0 radical (unpaired) electrons. The zero-order chi connectivity index (χ0) is 30.0. The molecule has 8 nitrogen and oxygen atoms in total. The van der Waals surface area contributed by atoms with Crippen molar-refractivity contribution in [2.24, 2.45) is 0 Å². The maximum atomic E-state index is 10.4. The monoisotopic (exact) mass is 530 g/mol. The van der Waals surface area contributed by atoms with E-state index in [9.17, 15) is 26.3 Å². The van der Waals surface area contributed by atoms with Crippen LogP contribution in [0.15, 0.2) is 83.2 Å². The van der Waals surface area contributed by atoms with Crippen molar-refractivity contribution in [2.45, 2.75) is 0 Å². The maximum Gasteiger partial charge on any atom is 0.258 e. The molecule has 0 N–H and O–H groups in total. The number of hydrogen-bond donors (Lipinski definition) is 0. The highest BCUT2D eigenvalue weighted by Crippen LogP contribution is 2.60. The lowest BCUT2D eigenvalue weighted by Crippen LogP contribution is -2.04. The molecule has 2 aliphatic rings. The van der Waals surface area contributed by atoms with E-state index in [1.165, 1.54) is 0 Å². The molecule has 0 spiro atoms. The highest BCUT2D eigenvalue weighted by atomic mass is 14.8. The van der Waals surface area contributed by atoms with Gasteiger partial charge < -0.3 is 0 Å². The second kappa shape index (κ2) is 10.4. The molecule has 0 fully saturated rings. The van der Waals surface area contributed by atoms with Gasteiger partial charge in [-0.15, -0.1) is 0 Å². The van der Waals surface area contributed by atoms with Gasteiger partial charge in [0.25, 0.3) is 5.70 Å². The number of rotatable bonds is 2. The van der Waals surface area contributed by atoms with Gasteiger partial charge in [0.2, 0.25) is 5.70 Å². The van der Waals surface area contributed by atoms with Gasteiger partial charge in [0.1, 0.15) is 29.8 Å². The first-order valence-corrected chi connectivity index (χ1v) is 12.0. The number of hydrogen-bond acceptors (Lipinski definition) is 5. The summed E-state index contributed by atoms with van der Waals surface area (Å²) in [7, 11) is 0. The molecule has 186 valence electrons. The first-order valence-electron chi connectivity index (χ1n) is 12.0. The molecule has 3 aromatic rings. The van der Waals surface area contributed by atoms with Crippen LogP contribution < -0.4 is 0 Å². The smallest absolute Gasteiger partial charge is 0.251 e. The maximum absolute atomic E-state index is 10.4. The van der Waals surface area contributed by atoms with Crippen LogP contribution in [0.4, 0.5) is 0 Å². The topological polar surface area (TPSA) is 132 Å². The van der Waals surface area contributed by atoms with Crippen molar-refractivity contribution in [2.75, 3.05) is 0 Å². The third-order valence-corrected chi connectivity index (χ3v) is 6.95. The molecule has 5 rings (SSSR count). The van der Waals surface area contributed by atoms with Gasteiger partial charge in [-0.1, -0.05) is 60.7 Å². The molecule has 0 bridgehead atoms. The Balaban J connectivity index is 2.28. The normalized spacial score (nSPS) is 13.6. The van der Waals surface area contributed by atoms with Crippen molar-refractivity contribution in [3.05, 3.63) is 140 Å². The summed E-state index contributed by atoms with van der Waals surface area (Å²) in [4.78, 5) is 10.7. The zero-order valence-electron chi connectivity index (χ0n) is 21.4. The van der Waals surface area contributed by atoms with Crippen LogP contribution in [-0.2, 0) is 0 Å². The number of benzene rings is 3. The Labute approximate surface area is 240 Å². The number of nitriles is 5. The molecule has 8 heteroatoms. The van der Waals surface area contributed by atoms with Crippen LogP contribution in [0.1, 0.15) is 22.3 Å². The Bertz CT molecular complexity index is 2050. The summed E-state index contributed by atoms with van der Waals surface area (Å²) in [6, 6.07) is 27.0. The van der Waals surface area contributed by atoms with E-state index in [0.717, 1.165) is 0 Å². The molecule has 42 heavy (non-hydrogen) atoms. The van der Waals surface area contributed by atoms with Gasteiger partial charge in [-0.2, -0.15) is 21.0 Å². The van der Waals surface area contributed by atoms with Crippen LogP contribution in [0.5, 0.6) is 0 Å². The standard InChI is InChI=1S/C34H10N8/c1-40-24(18-39)29-31-26(19-10-6-4-7-11-19)28-23(17-38)22(16-37)25(21(14-35)15-36)30(28)27(20-12-8-5-9-13-20)32(31)34(42-3)33(29)41-2/h4-13H/b29-24-. The summed E-state index contributed by atoms with van der Waals surface area (Å²) in [5.74, 6) is 0. The van der Waals surface area contributed by atoms with E-state index < -0.39 is 11.3 Å². The third-order valence-electron chi connectivity index (χ3n) is 6.95. The Morgan fingerprint density at radius 3 is 1.45 bits per heavy atom. The van der Waals surface area contributed by atoms with Crippen molar-refractivity contribution in [3.63, 3.8) is 0 Å². The number of fused-ring (bicyclic) bond motifs is 2. The van der Waals surface area contributed by atoms with Gasteiger partial charge in [-0.3, -0.25) is 4.85 Å². The van der Waals surface area contributed by atoms with Crippen LogP contribution in [0.3, 0.4) is 0 Å². The number of allylic oxidation sites excluding steroid dienone is 6. The predicted molar refractivity (Wildman–Crippen MR) is 153 cm³/mol. The fourth-order valence-corrected chi connectivity index (χ4v) is 5.45. The van der Waals surface area contributed by atoms with Crippen molar-refractivity contribution in [1.82, 2.24) is 0 Å². The predicted octanol–water partition coefficient (Wildman–Crippen LogP) is 7.31. The van der Waals surface area contributed by atoms with Gasteiger partial charge in [0, 0.05) is 16.7 Å². The summed E-state index contributed by atoms with van der Waals surface area (Å²) in [5, 5.41) is 50.6. The summed E-state index contributed by atoms with van der Waals surface area (Å²) in [6.07, 6.45) is 0. The fourth-order valence-electron chi connectivity index (χ4n) is 5.45. The lowest BCUT2D eigenvalue weighted by Gasteiger charge is -2.23. The Morgan fingerprint density at radius 2 is 1.02 bits per heavy atom. The second-order valence-electron chi connectivity index (χ2n) is 8.80. The van der Waals surface area contributed by atoms with E-state index in [0.29, 0.717) is 22.3 Å². The van der Waals surface area contributed by atoms with Crippen LogP contribution in [0.25, 0.3) is 59.2 Å². The van der Waals surface area contributed by atoms with Gasteiger partial charge in [0.05, 0.1) is 36.9 Å². The van der Waals surface area contributed by atoms with Crippen LogP contribution in [0, 0.1) is 76.4 Å². The van der Waals surface area contributed by atoms with E-state index in [-0.39, 0.29) is 55.9 Å². The molecule has 2 aliphatic carbocycles. The minimum Gasteiger partial charge on any atom is -0.251 e. The van der Waals surface area contributed by atoms with E-state index in [4.69, 9.17) is 19.7 Å². The van der Waals surface area contributed by atoms with Gasteiger partial charge >= 0.3 is 0 Å². The van der Waals surface area contributed by atoms with E-state index in [1.807, 2.05) is 24.3 Å². The largest absolute Gasteiger partial charge is 0.258 e. The van der Waals surface area contributed by atoms with Crippen LogP contribution >= 0.6 is 0 Å². The molecule has 0 atom stereocenters. The minimum atomic E-state index is -0.413. The molecular formula is C34H10N8. The highest BCUT2D eigenvalue weighted by Gasteiger charge is 2.43. The van der Waals surface area contributed by atoms with Crippen LogP contribution in [-0.4, -0.2) is 0 Å². The van der Waals surface area contributed by atoms with E-state index >= 15 is 0 Å². The number of nitrogens with zero attached hydrogens (tertiary/aromatic N) is 8. The molecule has 0 saturated heterocycles. The molecular weight excluding hydrogens is 520 g/mol. The molecule has 0 aromatic heterocycles. The zero-order valence-corrected chi connectivity index (χ0v) is 21.4. The van der Waals surface area contributed by atoms with Gasteiger partial charge in [0.15, 0.2) is 5.70 Å². The Kier molecular flexibility index (Phi) is 6.45.